The van der Waals surface area contributed by atoms with Crippen molar-refractivity contribution in [3.05, 3.63) is 42.0 Å². The number of esters is 1. The molecule has 0 atom stereocenters. The van der Waals surface area contributed by atoms with Gasteiger partial charge in [-0.15, -0.1) is 0 Å². The van der Waals surface area contributed by atoms with E-state index >= 15 is 0 Å². The normalized spacial score (nSPS) is 10.8. The number of rotatable bonds is 2. The van der Waals surface area contributed by atoms with E-state index in [9.17, 15) is 4.79 Å². The van der Waals surface area contributed by atoms with Crippen molar-refractivity contribution >= 4 is 16.7 Å². The van der Waals surface area contributed by atoms with Crippen molar-refractivity contribution in [3.63, 3.8) is 0 Å². The second-order valence-corrected chi connectivity index (χ2v) is 4.45. The second kappa shape index (κ2) is 4.58. The average Bonchev–Trinajstić information content (AvgIpc) is 2.28. The van der Waals surface area contributed by atoms with Crippen LogP contribution in [0.2, 0.25) is 0 Å². The fourth-order valence-corrected chi connectivity index (χ4v) is 2.05. The summed E-state index contributed by atoms with van der Waals surface area (Å²) in [6.07, 6.45) is 0. The van der Waals surface area contributed by atoms with Gasteiger partial charge in [-0.25, -0.2) is 0 Å². The van der Waals surface area contributed by atoms with Crippen molar-refractivity contribution in [1.82, 2.24) is 0 Å². The van der Waals surface area contributed by atoms with E-state index in [1.54, 1.807) is 0 Å². The summed E-state index contributed by atoms with van der Waals surface area (Å²) in [5.41, 5.74) is 1.27. The summed E-state index contributed by atoms with van der Waals surface area (Å²) in [6.45, 7) is 5.74. The summed E-state index contributed by atoms with van der Waals surface area (Å²) in [6, 6.07) is 11.9. The van der Waals surface area contributed by atoms with Gasteiger partial charge in [0.1, 0.15) is 5.75 Å². The molecule has 0 aromatic heterocycles. The number of hydrogen-bond donors (Lipinski definition) is 0. The topological polar surface area (TPSA) is 26.3 Å². The third-order valence-corrected chi connectivity index (χ3v) is 2.79. The summed E-state index contributed by atoms with van der Waals surface area (Å²) in [4.78, 5) is 11.1. The van der Waals surface area contributed by atoms with Crippen molar-refractivity contribution in [2.75, 3.05) is 0 Å². The van der Waals surface area contributed by atoms with Gasteiger partial charge in [0.25, 0.3) is 0 Å². The van der Waals surface area contributed by atoms with Gasteiger partial charge in [0.2, 0.25) is 0 Å². The molecule has 2 aromatic rings. The summed E-state index contributed by atoms with van der Waals surface area (Å²) >= 11 is 0. The van der Waals surface area contributed by atoms with Gasteiger partial charge in [0.05, 0.1) is 0 Å². The average molecular weight is 228 g/mol. The van der Waals surface area contributed by atoms with Crippen molar-refractivity contribution in [1.29, 1.82) is 0 Å². The quantitative estimate of drug-likeness (QED) is 0.575. The molecule has 0 saturated carbocycles. The number of benzene rings is 2. The highest BCUT2D eigenvalue weighted by molar-refractivity contribution is 5.92. The molecule has 0 fully saturated rings. The highest BCUT2D eigenvalue weighted by Crippen LogP contribution is 2.31. The molecule has 0 saturated heterocycles. The summed E-state index contributed by atoms with van der Waals surface area (Å²) in [5.74, 6) is 0.802. The Labute approximate surface area is 101 Å². The Morgan fingerprint density at radius 1 is 1.06 bits per heavy atom. The van der Waals surface area contributed by atoms with Crippen LogP contribution in [0.25, 0.3) is 10.8 Å². The first-order valence-corrected chi connectivity index (χ1v) is 5.79. The number of carbonyl (C=O) groups is 1. The molecule has 0 aliphatic heterocycles. The van der Waals surface area contributed by atoms with E-state index in [2.05, 4.69) is 26.0 Å². The van der Waals surface area contributed by atoms with Crippen LogP contribution < -0.4 is 4.74 Å². The molecule has 2 nitrogen and oxygen atoms in total. The van der Waals surface area contributed by atoms with Gasteiger partial charge in [-0.1, -0.05) is 44.2 Å². The van der Waals surface area contributed by atoms with E-state index in [-0.39, 0.29) is 5.97 Å². The first-order valence-electron chi connectivity index (χ1n) is 5.79. The van der Waals surface area contributed by atoms with E-state index in [0.29, 0.717) is 11.7 Å². The van der Waals surface area contributed by atoms with Crippen LogP contribution in [-0.4, -0.2) is 5.97 Å². The molecule has 17 heavy (non-hydrogen) atoms. The summed E-state index contributed by atoms with van der Waals surface area (Å²) in [7, 11) is 0. The maximum absolute atomic E-state index is 11.1. The zero-order chi connectivity index (χ0) is 12.4. The second-order valence-electron chi connectivity index (χ2n) is 4.45. The molecule has 0 unspecified atom stereocenters. The third kappa shape index (κ3) is 2.31. The van der Waals surface area contributed by atoms with Crippen LogP contribution in [-0.2, 0) is 4.79 Å². The lowest BCUT2D eigenvalue weighted by molar-refractivity contribution is -0.131. The molecule has 0 N–H and O–H groups in total. The lowest BCUT2D eigenvalue weighted by atomic mass is 9.96. The fourth-order valence-electron chi connectivity index (χ4n) is 2.05. The van der Waals surface area contributed by atoms with E-state index in [0.717, 1.165) is 10.8 Å². The minimum absolute atomic E-state index is 0.285. The van der Waals surface area contributed by atoms with Crippen LogP contribution in [0.5, 0.6) is 5.75 Å². The smallest absolute Gasteiger partial charge is 0.308 e. The van der Waals surface area contributed by atoms with Gasteiger partial charge in [0, 0.05) is 12.3 Å². The van der Waals surface area contributed by atoms with E-state index in [1.165, 1.54) is 12.5 Å². The Hall–Kier alpha value is -1.83. The van der Waals surface area contributed by atoms with Crippen LogP contribution in [0.3, 0.4) is 0 Å². The Bertz CT molecular complexity index is 556. The predicted molar refractivity (Wildman–Crippen MR) is 69.3 cm³/mol. The van der Waals surface area contributed by atoms with Gasteiger partial charge in [-0.2, -0.15) is 0 Å². The molecule has 0 radical (unpaired) electrons. The fraction of sp³-hybridized carbons (Fsp3) is 0.267. The van der Waals surface area contributed by atoms with Crippen LogP contribution >= 0.6 is 0 Å². The van der Waals surface area contributed by atoms with Crippen molar-refractivity contribution in [3.8, 4) is 5.75 Å². The number of ether oxygens (including phenoxy) is 1. The highest BCUT2D eigenvalue weighted by Gasteiger charge is 2.09. The van der Waals surface area contributed by atoms with E-state index in [4.69, 9.17) is 4.74 Å². The van der Waals surface area contributed by atoms with Gasteiger partial charge in [-0.3, -0.25) is 4.79 Å². The van der Waals surface area contributed by atoms with Crippen molar-refractivity contribution in [2.24, 2.45) is 0 Å². The van der Waals surface area contributed by atoms with E-state index < -0.39 is 0 Å². The molecule has 0 spiro atoms. The molecule has 2 aromatic carbocycles. The molecular weight excluding hydrogens is 212 g/mol. The van der Waals surface area contributed by atoms with Gasteiger partial charge < -0.3 is 4.74 Å². The van der Waals surface area contributed by atoms with Crippen LogP contribution in [0.1, 0.15) is 32.3 Å². The molecular formula is C15H16O2. The number of fused-ring (bicyclic) bond motifs is 1. The first kappa shape index (κ1) is 11.6. The Balaban J connectivity index is 2.65. The monoisotopic (exact) mass is 228 g/mol. The Morgan fingerprint density at radius 2 is 1.71 bits per heavy atom. The van der Waals surface area contributed by atoms with Gasteiger partial charge in [-0.05, 0) is 22.9 Å². The molecule has 2 heteroatoms. The minimum Gasteiger partial charge on any atom is -0.426 e. The zero-order valence-corrected chi connectivity index (χ0v) is 10.4. The summed E-state index contributed by atoms with van der Waals surface area (Å²) < 4.78 is 5.22. The van der Waals surface area contributed by atoms with Gasteiger partial charge >= 0.3 is 5.97 Å². The highest BCUT2D eigenvalue weighted by atomic mass is 16.5. The van der Waals surface area contributed by atoms with Crippen LogP contribution in [0.4, 0.5) is 0 Å². The maximum Gasteiger partial charge on any atom is 0.308 e. The molecule has 0 bridgehead atoms. The standard InChI is InChI=1S/C15H16O2/c1-10(2)12-6-4-8-14-13(12)7-5-9-15(14)17-11(3)16/h4-10H,1-3H3. The van der Waals surface area contributed by atoms with Crippen molar-refractivity contribution in [2.45, 2.75) is 26.7 Å². The van der Waals surface area contributed by atoms with E-state index in [1.807, 2.05) is 24.3 Å². The Kier molecular flexibility index (Phi) is 3.14. The Morgan fingerprint density at radius 3 is 2.35 bits per heavy atom. The molecule has 0 heterocycles. The number of carbonyl (C=O) groups excluding carboxylic acids is 1. The number of hydrogen-bond acceptors (Lipinski definition) is 2. The largest absolute Gasteiger partial charge is 0.426 e. The van der Waals surface area contributed by atoms with Crippen molar-refractivity contribution < 1.29 is 9.53 Å². The molecule has 0 aliphatic carbocycles. The molecule has 2 rings (SSSR count). The lowest BCUT2D eigenvalue weighted by Crippen LogP contribution is -2.02. The van der Waals surface area contributed by atoms with Crippen LogP contribution in [0.15, 0.2) is 36.4 Å². The minimum atomic E-state index is -0.285. The SMILES string of the molecule is CC(=O)Oc1cccc2c(C(C)C)cccc12. The predicted octanol–water partition coefficient (Wildman–Crippen LogP) is 3.89. The van der Waals surface area contributed by atoms with Gasteiger partial charge in [0.15, 0.2) is 0 Å². The zero-order valence-electron chi connectivity index (χ0n) is 10.4. The lowest BCUT2D eigenvalue weighted by Gasteiger charge is -2.12. The third-order valence-electron chi connectivity index (χ3n) is 2.79. The summed E-state index contributed by atoms with van der Waals surface area (Å²) in [5, 5.41) is 2.15. The molecule has 88 valence electrons. The van der Waals surface area contributed by atoms with Crippen LogP contribution in [0, 0.1) is 0 Å². The maximum atomic E-state index is 11.1. The first-order chi connectivity index (χ1) is 8.09. The molecule has 0 aliphatic rings. The molecule has 0 amide bonds.